The Morgan fingerprint density at radius 3 is 3.12 bits per heavy atom. The van der Waals surface area contributed by atoms with Crippen LogP contribution >= 0.6 is 0 Å². The highest BCUT2D eigenvalue weighted by Gasteiger charge is 2.16. The third-order valence-electron chi connectivity index (χ3n) is 2.97. The summed E-state index contributed by atoms with van der Waals surface area (Å²) in [4.78, 5) is 2.32. The maximum Gasteiger partial charge on any atom is 0.133 e. The number of fused-ring (bicyclic) bond motifs is 1. The molecule has 3 rings (SSSR count). The van der Waals surface area contributed by atoms with E-state index in [2.05, 4.69) is 39.6 Å². The minimum atomic E-state index is 0.802. The van der Waals surface area contributed by atoms with Gasteiger partial charge in [-0.05, 0) is 19.1 Å². The number of anilines is 2. The molecule has 1 aromatic carbocycles. The van der Waals surface area contributed by atoms with Gasteiger partial charge in [0.2, 0.25) is 0 Å². The monoisotopic (exact) mass is 229 g/mol. The SMILES string of the molecule is Cc1cc(CN2CCNc3ccccc32)no1. The predicted octanol–water partition coefficient (Wildman–Crippen LogP) is 2.42. The van der Waals surface area contributed by atoms with Crippen LogP contribution in [0.2, 0.25) is 0 Å². The number of rotatable bonds is 2. The number of nitrogens with zero attached hydrogens (tertiary/aromatic N) is 2. The van der Waals surface area contributed by atoms with E-state index in [4.69, 9.17) is 4.52 Å². The van der Waals surface area contributed by atoms with Gasteiger partial charge in [-0.1, -0.05) is 17.3 Å². The minimum absolute atomic E-state index is 0.802. The maximum atomic E-state index is 5.10. The van der Waals surface area contributed by atoms with Crippen molar-refractivity contribution >= 4 is 11.4 Å². The van der Waals surface area contributed by atoms with Crippen LogP contribution in [0.4, 0.5) is 11.4 Å². The fourth-order valence-corrected chi connectivity index (χ4v) is 2.20. The van der Waals surface area contributed by atoms with Crippen LogP contribution < -0.4 is 10.2 Å². The van der Waals surface area contributed by atoms with E-state index in [9.17, 15) is 0 Å². The summed E-state index contributed by atoms with van der Waals surface area (Å²) in [6.07, 6.45) is 0. The van der Waals surface area contributed by atoms with Crippen LogP contribution in [0.3, 0.4) is 0 Å². The zero-order chi connectivity index (χ0) is 11.7. The fourth-order valence-electron chi connectivity index (χ4n) is 2.20. The smallest absolute Gasteiger partial charge is 0.133 e. The number of aromatic nitrogens is 1. The molecular weight excluding hydrogens is 214 g/mol. The van der Waals surface area contributed by atoms with Crippen molar-refractivity contribution in [3.05, 3.63) is 41.8 Å². The van der Waals surface area contributed by atoms with Crippen molar-refractivity contribution in [2.75, 3.05) is 23.3 Å². The molecule has 0 unspecified atom stereocenters. The Labute approximate surface area is 100 Å². The van der Waals surface area contributed by atoms with Gasteiger partial charge in [0.1, 0.15) is 11.5 Å². The van der Waals surface area contributed by atoms with Gasteiger partial charge in [-0.2, -0.15) is 0 Å². The molecule has 0 bridgehead atoms. The average Bonchev–Trinajstić information content (AvgIpc) is 2.75. The Balaban J connectivity index is 1.85. The van der Waals surface area contributed by atoms with E-state index < -0.39 is 0 Å². The van der Waals surface area contributed by atoms with Crippen molar-refractivity contribution in [2.24, 2.45) is 0 Å². The van der Waals surface area contributed by atoms with E-state index in [0.717, 1.165) is 31.1 Å². The largest absolute Gasteiger partial charge is 0.382 e. The van der Waals surface area contributed by atoms with Gasteiger partial charge in [0.25, 0.3) is 0 Å². The Morgan fingerprint density at radius 1 is 1.41 bits per heavy atom. The first kappa shape index (κ1) is 10.2. The first-order valence-electron chi connectivity index (χ1n) is 5.83. The van der Waals surface area contributed by atoms with Crippen LogP contribution in [-0.2, 0) is 6.54 Å². The lowest BCUT2D eigenvalue weighted by atomic mass is 10.2. The van der Waals surface area contributed by atoms with Crippen molar-refractivity contribution in [1.29, 1.82) is 0 Å². The summed E-state index contributed by atoms with van der Waals surface area (Å²) in [6.45, 7) is 4.68. The van der Waals surface area contributed by atoms with Crippen LogP contribution in [0, 0.1) is 6.92 Å². The Kier molecular flexibility index (Phi) is 2.48. The second-order valence-electron chi connectivity index (χ2n) is 4.29. The lowest BCUT2D eigenvalue weighted by Crippen LogP contribution is -2.33. The van der Waals surface area contributed by atoms with E-state index in [-0.39, 0.29) is 0 Å². The van der Waals surface area contributed by atoms with Crippen molar-refractivity contribution in [3.8, 4) is 0 Å². The molecule has 4 heteroatoms. The molecule has 0 spiro atoms. The van der Waals surface area contributed by atoms with E-state index in [0.29, 0.717) is 0 Å². The number of hydrogen-bond acceptors (Lipinski definition) is 4. The van der Waals surface area contributed by atoms with E-state index in [1.165, 1.54) is 11.4 Å². The quantitative estimate of drug-likeness (QED) is 0.858. The van der Waals surface area contributed by atoms with Gasteiger partial charge in [0, 0.05) is 19.2 Å². The van der Waals surface area contributed by atoms with Crippen molar-refractivity contribution in [1.82, 2.24) is 5.16 Å². The summed E-state index contributed by atoms with van der Waals surface area (Å²) in [5.41, 5.74) is 3.41. The van der Waals surface area contributed by atoms with Gasteiger partial charge in [0.15, 0.2) is 0 Å². The molecule has 1 N–H and O–H groups in total. The molecule has 2 aromatic rings. The molecule has 0 amide bonds. The molecule has 1 aliphatic heterocycles. The molecule has 1 aliphatic rings. The predicted molar refractivity (Wildman–Crippen MR) is 67.2 cm³/mol. The molecule has 88 valence electrons. The molecule has 0 fully saturated rings. The first-order valence-corrected chi connectivity index (χ1v) is 5.83. The highest BCUT2D eigenvalue weighted by atomic mass is 16.5. The molecule has 2 heterocycles. The zero-order valence-corrected chi connectivity index (χ0v) is 9.81. The summed E-state index contributed by atoms with van der Waals surface area (Å²) in [5, 5.41) is 7.44. The van der Waals surface area contributed by atoms with Crippen molar-refractivity contribution in [2.45, 2.75) is 13.5 Å². The number of benzene rings is 1. The standard InChI is InChI=1S/C13H15N3O/c1-10-8-11(15-17-10)9-16-7-6-14-12-4-2-3-5-13(12)16/h2-5,8,14H,6-7,9H2,1H3. The lowest BCUT2D eigenvalue weighted by Gasteiger charge is -2.31. The first-order chi connectivity index (χ1) is 8.33. The third-order valence-corrected chi connectivity index (χ3v) is 2.97. The normalized spacial score (nSPS) is 14.3. The molecule has 0 aliphatic carbocycles. The van der Waals surface area contributed by atoms with Crippen LogP contribution in [-0.4, -0.2) is 18.2 Å². The summed E-state index contributed by atoms with van der Waals surface area (Å²) in [7, 11) is 0. The number of para-hydroxylation sites is 2. The van der Waals surface area contributed by atoms with Gasteiger partial charge in [-0.15, -0.1) is 0 Å². The van der Waals surface area contributed by atoms with E-state index in [1.54, 1.807) is 0 Å². The second kappa shape index (κ2) is 4.13. The number of aryl methyl sites for hydroxylation is 1. The van der Waals surface area contributed by atoms with Crippen LogP contribution in [0.5, 0.6) is 0 Å². The maximum absolute atomic E-state index is 5.10. The van der Waals surface area contributed by atoms with Crippen LogP contribution in [0.25, 0.3) is 0 Å². The van der Waals surface area contributed by atoms with Gasteiger partial charge < -0.3 is 14.7 Å². The Morgan fingerprint density at radius 2 is 2.29 bits per heavy atom. The molecule has 0 atom stereocenters. The average molecular weight is 229 g/mol. The molecule has 0 radical (unpaired) electrons. The number of hydrogen-bond donors (Lipinski definition) is 1. The van der Waals surface area contributed by atoms with Crippen LogP contribution in [0.15, 0.2) is 34.9 Å². The Bertz CT molecular complexity index is 521. The number of nitrogens with one attached hydrogen (secondary N) is 1. The fraction of sp³-hybridized carbons (Fsp3) is 0.308. The van der Waals surface area contributed by atoms with Gasteiger partial charge in [-0.25, -0.2) is 0 Å². The lowest BCUT2D eigenvalue weighted by molar-refractivity contribution is 0.390. The van der Waals surface area contributed by atoms with Crippen LogP contribution in [0.1, 0.15) is 11.5 Å². The van der Waals surface area contributed by atoms with Gasteiger partial charge >= 0.3 is 0 Å². The molecule has 4 nitrogen and oxygen atoms in total. The third kappa shape index (κ3) is 1.98. The van der Waals surface area contributed by atoms with E-state index in [1.807, 2.05) is 13.0 Å². The Hall–Kier alpha value is -1.97. The van der Waals surface area contributed by atoms with E-state index >= 15 is 0 Å². The highest BCUT2D eigenvalue weighted by molar-refractivity contribution is 5.71. The van der Waals surface area contributed by atoms with Gasteiger partial charge in [-0.3, -0.25) is 0 Å². The molecular formula is C13H15N3O. The minimum Gasteiger partial charge on any atom is -0.382 e. The molecule has 17 heavy (non-hydrogen) atoms. The summed E-state index contributed by atoms with van der Waals surface area (Å²) < 4.78 is 5.10. The summed E-state index contributed by atoms with van der Waals surface area (Å²) >= 11 is 0. The molecule has 1 aromatic heterocycles. The summed E-state index contributed by atoms with van der Waals surface area (Å²) in [6, 6.07) is 10.3. The van der Waals surface area contributed by atoms with Crippen molar-refractivity contribution in [3.63, 3.8) is 0 Å². The van der Waals surface area contributed by atoms with Crippen molar-refractivity contribution < 1.29 is 4.52 Å². The summed E-state index contributed by atoms with van der Waals surface area (Å²) in [5.74, 6) is 0.864. The zero-order valence-electron chi connectivity index (χ0n) is 9.81. The topological polar surface area (TPSA) is 41.3 Å². The van der Waals surface area contributed by atoms with Gasteiger partial charge in [0.05, 0.1) is 17.9 Å². The molecule has 0 saturated carbocycles. The molecule has 0 saturated heterocycles. The highest BCUT2D eigenvalue weighted by Crippen LogP contribution is 2.29. The second-order valence-corrected chi connectivity index (χ2v) is 4.29.